The molecule has 2 fully saturated rings. The van der Waals surface area contributed by atoms with Crippen molar-refractivity contribution in [3.05, 3.63) is 82.4 Å². The molecule has 2 amide bonds. The summed E-state index contributed by atoms with van der Waals surface area (Å²) in [7, 11) is -1.57. The van der Waals surface area contributed by atoms with E-state index in [9.17, 15) is 28.7 Å². The van der Waals surface area contributed by atoms with Gasteiger partial charge >= 0.3 is 5.97 Å². The molecule has 2 heterocycles. The number of carbonyl (C=O) groups is 3. The standard InChI is InChI=1S/C23H21N3O8S/c1-14-13-35(32)22-19(24-18(27)12-33-17-5-3-2-4-6-17)21(28)25(22)20(14)23(29)34-11-15-7-9-16(10-8-15)26(30)31/h2-10,19-20,22H,1,11-13H2,(H,24,27)/t19-,20+,22-,35-/m1/s1. The van der Waals surface area contributed by atoms with Gasteiger partial charge in [0, 0.05) is 17.9 Å². The Hall–Kier alpha value is -4.06. The molecule has 4 rings (SSSR count). The number of nitro groups is 1. The first-order valence-electron chi connectivity index (χ1n) is 10.5. The second kappa shape index (κ2) is 10.1. The largest absolute Gasteiger partial charge is 0.484 e. The molecule has 0 bridgehead atoms. The number of amides is 2. The van der Waals surface area contributed by atoms with Crippen molar-refractivity contribution in [2.75, 3.05) is 12.4 Å². The van der Waals surface area contributed by atoms with Crippen molar-refractivity contribution in [1.29, 1.82) is 0 Å². The van der Waals surface area contributed by atoms with E-state index < -0.39 is 51.0 Å². The maximum absolute atomic E-state index is 12.8. The Morgan fingerprint density at radius 2 is 1.86 bits per heavy atom. The van der Waals surface area contributed by atoms with Crippen molar-refractivity contribution < 1.29 is 33.0 Å². The zero-order chi connectivity index (χ0) is 25.1. The van der Waals surface area contributed by atoms with E-state index in [1.807, 2.05) is 0 Å². The second-order valence-electron chi connectivity index (χ2n) is 7.90. The molecule has 0 radical (unpaired) electrons. The fraction of sp³-hybridized carbons (Fsp3) is 0.261. The minimum atomic E-state index is -1.57. The Bertz CT molecular complexity index is 1200. The third-order valence-corrected chi connectivity index (χ3v) is 7.22. The highest BCUT2D eigenvalue weighted by Crippen LogP contribution is 2.34. The Balaban J connectivity index is 1.36. The highest BCUT2D eigenvalue weighted by Gasteiger charge is 2.59. The number of ether oxygens (including phenoxy) is 2. The normalized spacial score (nSPS) is 23.0. The Morgan fingerprint density at radius 1 is 1.17 bits per heavy atom. The zero-order valence-electron chi connectivity index (χ0n) is 18.3. The SMILES string of the molecule is C=C1C[S@@](=O)[C@@H]2[C@H](NC(=O)COc3ccccc3)C(=O)N2[C@@H]1C(=O)OCc1ccc([N+](=O)[O-])cc1. The number of fused-ring (bicyclic) bond motifs is 1. The van der Waals surface area contributed by atoms with Gasteiger partial charge in [-0.2, -0.15) is 0 Å². The summed E-state index contributed by atoms with van der Waals surface area (Å²) in [6.07, 6.45) is 0. The summed E-state index contributed by atoms with van der Waals surface area (Å²) in [5.74, 6) is -1.45. The molecule has 0 aliphatic carbocycles. The van der Waals surface area contributed by atoms with Crippen LogP contribution >= 0.6 is 0 Å². The number of hydrogen-bond acceptors (Lipinski definition) is 8. The predicted octanol–water partition coefficient (Wildman–Crippen LogP) is 1.06. The second-order valence-corrected chi connectivity index (χ2v) is 9.43. The number of carbonyl (C=O) groups excluding carboxylic acids is 3. The molecule has 35 heavy (non-hydrogen) atoms. The molecule has 0 spiro atoms. The Kier molecular flexibility index (Phi) is 6.92. The van der Waals surface area contributed by atoms with Crippen molar-refractivity contribution in [2.24, 2.45) is 0 Å². The minimum absolute atomic E-state index is 0.0291. The lowest BCUT2D eigenvalue weighted by molar-refractivity contribution is -0.384. The van der Waals surface area contributed by atoms with Crippen LogP contribution in [0.3, 0.4) is 0 Å². The quantitative estimate of drug-likeness (QED) is 0.187. The van der Waals surface area contributed by atoms with Gasteiger partial charge in [0.2, 0.25) is 5.91 Å². The highest BCUT2D eigenvalue weighted by atomic mass is 32.2. The highest BCUT2D eigenvalue weighted by molar-refractivity contribution is 7.86. The van der Waals surface area contributed by atoms with Crippen LogP contribution in [0.4, 0.5) is 5.69 Å². The number of nitrogens with one attached hydrogen (secondary N) is 1. The molecule has 4 atom stereocenters. The first kappa shape index (κ1) is 24.1. The summed E-state index contributed by atoms with van der Waals surface area (Å²) in [4.78, 5) is 49.2. The third kappa shape index (κ3) is 5.06. The smallest absolute Gasteiger partial charge is 0.333 e. The van der Waals surface area contributed by atoms with E-state index in [1.165, 1.54) is 24.3 Å². The molecule has 1 N–H and O–H groups in total. The number of benzene rings is 2. The van der Waals surface area contributed by atoms with Gasteiger partial charge in [0.1, 0.15) is 23.8 Å². The molecule has 0 saturated carbocycles. The summed E-state index contributed by atoms with van der Waals surface area (Å²) < 4.78 is 23.4. The predicted molar refractivity (Wildman–Crippen MR) is 123 cm³/mol. The molecule has 0 aromatic heterocycles. The van der Waals surface area contributed by atoms with E-state index in [2.05, 4.69) is 11.9 Å². The molecule has 12 heteroatoms. The Labute approximate surface area is 202 Å². The third-order valence-electron chi connectivity index (χ3n) is 5.52. The first-order valence-corrected chi connectivity index (χ1v) is 11.9. The average molecular weight is 500 g/mol. The van der Waals surface area contributed by atoms with Gasteiger partial charge in [-0.3, -0.25) is 23.9 Å². The van der Waals surface area contributed by atoms with Gasteiger partial charge in [-0.1, -0.05) is 24.8 Å². The van der Waals surface area contributed by atoms with Gasteiger partial charge in [0.05, 0.1) is 15.7 Å². The lowest BCUT2D eigenvalue weighted by Crippen LogP contribution is -2.77. The first-order chi connectivity index (χ1) is 16.8. The van der Waals surface area contributed by atoms with Crippen LogP contribution in [0.5, 0.6) is 5.75 Å². The maximum Gasteiger partial charge on any atom is 0.333 e. The molecule has 0 unspecified atom stereocenters. The number of hydrogen-bond donors (Lipinski definition) is 1. The molecule has 11 nitrogen and oxygen atoms in total. The zero-order valence-corrected chi connectivity index (χ0v) is 19.1. The summed E-state index contributed by atoms with van der Waals surface area (Å²) in [6.45, 7) is 3.28. The molecule has 2 aromatic carbocycles. The van der Waals surface area contributed by atoms with Crippen LogP contribution in [0.2, 0.25) is 0 Å². The van der Waals surface area contributed by atoms with Crippen molar-refractivity contribution >= 4 is 34.3 Å². The number of rotatable bonds is 8. The molecule has 2 aliphatic heterocycles. The van der Waals surface area contributed by atoms with Gasteiger partial charge in [0.25, 0.3) is 11.6 Å². The van der Waals surface area contributed by atoms with Crippen molar-refractivity contribution in [1.82, 2.24) is 10.2 Å². The van der Waals surface area contributed by atoms with E-state index in [4.69, 9.17) is 9.47 Å². The summed E-state index contributed by atoms with van der Waals surface area (Å²) >= 11 is 0. The number of nitrogens with zero attached hydrogens (tertiary/aromatic N) is 2. The Morgan fingerprint density at radius 3 is 2.51 bits per heavy atom. The molecule has 2 aromatic rings. The van der Waals surface area contributed by atoms with Gasteiger partial charge in [-0.05, 0) is 35.4 Å². The number of para-hydroxylation sites is 1. The average Bonchev–Trinajstić information content (AvgIpc) is 2.85. The van der Waals surface area contributed by atoms with Crippen LogP contribution in [-0.2, 0) is 36.5 Å². The van der Waals surface area contributed by atoms with E-state index in [-0.39, 0.29) is 30.2 Å². The van der Waals surface area contributed by atoms with Crippen LogP contribution in [0.1, 0.15) is 5.56 Å². The van der Waals surface area contributed by atoms with Crippen molar-refractivity contribution in [3.8, 4) is 5.75 Å². The summed E-state index contributed by atoms with van der Waals surface area (Å²) in [6, 6.07) is 11.9. The fourth-order valence-corrected chi connectivity index (χ4v) is 5.49. The monoisotopic (exact) mass is 499 g/mol. The van der Waals surface area contributed by atoms with E-state index >= 15 is 0 Å². The molecule has 2 saturated heterocycles. The molecular weight excluding hydrogens is 478 g/mol. The van der Waals surface area contributed by atoms with Crippen molar-refractivity contribution in [2.45, 2.75) is 24.1 Å². The fourth-order valence-electron chi connectivity index (χ4n) is 3.82. The molecule has 182 valence electrons. The van der Waals surface area contributed by atoms with Crippen molar-refractivity contribution in [3.63, 3.8) is 0 Å². The number of nitro benzene ring substituents is 1. The lowest BCUT2D eigenvalue weighted by atomic mass is 9.98. The molecule has 2 aliphatic rings. The van der Waals surface area contributed by atoms with E-state index in [0.717, 1.165) is 4.90 Å². The lowest BCUT2D eigenvalue weighted by Gasteiger charge is -2.52. The number of non-ortho nitro benzene ring substituents is 1. The van der Waals surface area contributed by atoms with Crippen LogP contribution in [0, 0.1) is 10.1 Å². The maximum atomic E-state index is 12.8. The topological polar surface area (TPSA) is 145 Å². The van der Waals surface area contributed by atoms with E-state index in [1.54, 1.807) is 30.3 Å². The van der Waals surface area contributed by atoms with Crippen LogP contribution in [-0.4, -0.2) is 61.6 Å². The van der Waals surface area contributed by atoms with Crippen LogP contribution in [0.15, 0.2) is 66.7 Å². The minimum Gasteiger partial charge on any atom is -0.484 e. The number of β-lactam (4-membered cyclic amide) rings is 1. The number of esters is 1. The molecular formula is C23H21N3O8S. The van der Waals surface area contributed by atoms with Gasteiger partial charge < -0.3 is 19.7 Å². The van der Waals surface area contributed by atoms with Gasteiger partial charge in [-0.15, -0.1) is 0 Å². The summed E-state index contributed by atoms with van der Waals surface area (Å²) in [5.41, 5.74) is 0.683. The van der Waals surface area contributed by atoms with E-state index in [0.29, 0.717) is 11.3 Å². The van der Waals surface area contributed by atoms with Crippen LogP contribution in [0.25, 0.3) is 0 Å². The van der Waals surface area contributed by atoms with Gasteiger partial charge in [-0.25, -0.2) is 4.79 Å². The van der Waals surface area contributed by atoms with Crippen LogP contribution < -0.4 is 10.1 Å². The van der Waals surface area contributed by atoms with Gasteiger partial charge in [0.15, 0.2) is 12.6 Å². The summed E-state index contributed by atoms with van der Waals surface area (Å²) in [5, 5.41) is 12.4.